The Bertz CT molecular complexity index is 602. The SMILES string of the molecule is Cc1cc(NC(=O)C(C)n2cncn2)c(C(=O)O)[nH]1. The normalized spacial score (nSPS) is 12.1. The van der Waals surface area contributed by atoms with E-state index in [9.17, 15) is 9.59 Å². The number of nitrogens with one attached hydrogen (secondary N) is 2. The smallest absolute Gasteiger partial charge is 0.354 e. The minimum absolute atomic E-state index is 0.0448. The Morgan fingerprint density at radius 2 is 2.26 bits per heavy atom. The van der Waals surface area contributed by atoms with Gasteiger partial charge in [-0.1, -0.05) is 0 Å². The Morgan fingerprint density at radius 3 is 2.84 bits per heavy atom. The van der Waals surface area contributed by atoms with Gasteiger partial charge in [-0.3, -0.25) is 4.79 Å². The predicted octanol–water partition coefficient (Wildman–Crippen LogP) is 0.813. The number of anilines is 1. The van der Waals surface area contributed by atoms with Crippen LogP contribution in [0.5, 0.6) is 0 Å². The molecule has 0 fully saturated rings. The number of hydrogen-bond acceptors (Lipinski definition) is 4. The quantitative estimate of drug-likeness (QED) is 0.755. The first-order valence-corrected chi connectivity index (χ1v) is 5.57. The zero-order valence-corrected chi connectivity index (χ0v) is 10.4. The third-order valence-electron chi connectivity index (χ3n) is 2.64. The molecule has 2 rings (SSSR count). The molecule has 0 radical (unpaired) electrons. The number of nitrogens with zero attached hydrogens (tertiary/aromatic N) is 3. The molecule has 0 spiro atoms. The topological polar surface area (TPSA) is 113 Å². The monoisotopic (exact) mass is 263 g/mol. The number of carbonyl (C=O) groups excluding carboxylic acids is 1. The molecule has 0 aliphatic carbocycles. The van der Waals surface area contributed by atoms with Crippen LogP contribution in [0.25, 0.3) is 0 Å². The zero-order chi connectivity index (χ0) is 14.0. The summed E-state index contributed by atoms with van der Waals surface area (Å²) in [6.45, 7) is 3.35. The molecule has 100 valence electrons. The van der Waals surface area contributed by atoms with Gasteiger partial charge in [0.2, 0.25) is 5.91 Å². The number of aromatic amines is 1. The lowest BCUT2D eigenvalue weighted by Crippen LogP contribution is -2.24. The predicted molar refractivity (Wildman–Crippen MR) is 65.9 cm³/mol. The number of aromatic carboxylic acids is 1. The number of H-pyrrole nitrogens is 1. The molecular weight excluding hydrogens is 250 g/mol. The van der Waals surface area contributed by atoms with Gasteiger partial charge in [-0.2, -0.15) is 5.10 Å². The van der Waals surface area contributed by atoms with Crippen molar-refractivity contribution >= 4 is 17.6 Å². The van der Waals surface area contributed by atoms with Gasteiger partial charge < -0.3 is 15.4 Å². The summed E-state index contributed by atoms with van der Waals surface area (Å²) in [6.07, 6.45) is 2.75. The Hall–Kier alpha value is -2.64. The van der Waals surface area contributed by atoms with Crippen molar-refractivity contribution in [3.63, 3.8) is 0 Å². The summed E-state index contributed by atoms with van der Waals surface area (Å²) >= 11 is 0. The fourth-order valence-corrected chi connectivity index (χ4v) is 1.63. The second-order valence-electron chi connectivity index (χ2n) is 4.09. The van der Waals surface area contributed by atoms with E-state index in [0.717, 1.165) is 0 Å². The molecule has 0 bridgehead atoms. The molecule has 2 aromatic heterocycles. The van der Waals surface area contributed by atoms with Crippen molar-refractivity contribution in [3.8, 4) is 0 Å². The van der Waals surface area contributed by atoms with E-state index < -0.39 is 12.0 Å². The Kier molecular flexibility index (Phi) is 3.32. The van der Waals surface area contributed by atoms with Crippen molar-refractivity contribution in [3.05, 3.63) is 30.1 Å². The van der Waals surface area contributed by atoms with Gasteiger partial charge in [0.1, 0.15) is 24.4 Å². The van der Waals surface area contributed by atoms with Gasteiger partial charge >= 0.3 is 5.97 Å². The van der Waals surface area contributed by atoms with Crippen molar-refractivity contribution in [1.82, 2.24) is 19.7 Å². The standard InChI is InChI=1S/C11H13N5O3/c1-6-3-8(9(14-6)11(18)19)15-10(17)7(2)16-5-12-4-13-16/h3-5,7,14H,1-2H3,(H,15,17)(H,18,19). The lowest BCUT2D eigenvalue weighted by atomic mass is 10.3. The minimum atomic E-state index is -1.13. The summed E-state index contributed by atoms with van der Waals surface area (Å²) in [5.74, 6) is -1.50. The Labute approximate surface area is 108 Å². The molecule has 0 saturated carbocycles. The third-order valence-corrected chi connectivity index (χ3v) is 2.64. The number of rotatable bonds is 4. The van der Waals surface area contributed by atoms with Crippen molar-refractivity contribution < 1.29 is 14.7 Å². The van der Waals surface area contributed by atoms with Gasteiger partial charge in [0.25, 0.3) is 0 Å². The lowest BCUT2D eigenvalue weighted by Gasteiger charge is -2.11. The highest BCUT2D eigenvalue weighted by Crippen LogP contribution is 2.18. The third kappa shape index (κ3) is 2.62. The van der Waals surface area contributed by atoms with Crippen LogP contribution in [0.4, 0.5) is 5.69 Å². The maximum atomic E-state index is 12.0. The van der Waals surface area contributed by atoms with Crippen LogP contribution in [0.1, 0.15) is 29.1 Å². The molecule has 0 aliphatic heterocycles. The van der Waals surface area contributed by atoms with Gasteiger partial charge in [-0.05, 0) is 19.9 Å². The molecule has 0 saturated heterocycles. The highest BCUT2D eigenvalue weighted by molar-refractivity contribution is 6.00. The second kappa shape index (κ2) is 4.92. The Balaban J connectivity index is 2.17. The van der Waals surface area contributed by atoms with Crippen LogP contribution in [0, 0.1) is 6.92 Å². The molecule has 1 atom stereocenters. The van der Waals surface area contributed by atoms with E-state index >= 15 is 0 Å². The average molecular weight is 263 g/mol. The molecule has 0 aliphatic rings. The summed E-state index contributed by atoms with van der Waals surface area (Å²) in [5.41, 5.74) is 0.847. The van der Waals surface area contributed by atoms with Gasteiger partial charge in [-0.15, -0.1) is 0 Å². The molecule has 1 unspecified atom stereocenters. The Morgan fingerprint density at radius 1 is 1.53 bits per heavy atom. The molecule has 3 N–H and O–H groups in total. The van der Waals surface area contributed by atoms with Crippen molar-refractivity contribution in [2.24, 2.45) is 0 Å². The van der Waals surface area contributed by atoms with Crippen LogP contribution in [0.3, 0.4) is 0 Å². The van der Waals surface area contributed by atoms with Gasteiger partial charge in [0.15, 0.2) is 0 Å². The van der Waals surface area contributed by atoms with E-state index in [4.69, 9.17) is 5.11 Å². The molecule has 2 heterocycles. The largest absolute Gasteiger partial charge is 0.477 e. The highest BCUT2D eigenvalue weighted by atomic mass is 16.4. The molecule has 1 amide bonds. The first kappa shape index (κ1) is 12.8. The van der Waals surface area contributed by atoms with E-state index in [0.29, 0.717) is 5.69 Å². The number of carbonyl (C=O) groups is 2. The average Bonchev–Trinajstić information content (AvgIpc) is 2.97. The molecule has 19 heavy (non-hydrogen) atoms. The number of aryl methyl sites for hydroxylation is 1. The fourth-order valence-electron chi connectivity index (χ4n) is 1.63. The second-order valence-corrected chi connectivity index (χ2v) is 4.09. The van der Waals surface area contributed by atoms with Gasteiger partial charge in [0.05, 0.1) is 5.69 Å². The fraction of sp³-hybridized carbons (Fsp3) is 0.273. The zero-order valence-electron chi connectivity index (χ0n) is 10.4. The van der Waals surface area contributed by atoms with Crippen LogP contribution in [-0.2, 0) is 4.79 Å². The van der Waals surface area contributed by atoms with Crippen LogP contribution in [-0.4, -0.2) is 36.7 Å². The summed E-state index contributed by atoms with van der Waals surface area (Å²) in [6, 6.07) is 0.981. The van der Waals surface area contributed by atoms with Crippen LogP contribution in [0.2, 0.25) is 0 Å². The van der Waals surface area contributed by atoms with Gasteiger partial charge in [-0.25, -0.2) is 14.5 Å². The van der Waals surface area contributed by atoms with Crippen molar-refractivity contribution in [2.45, 2.75) is 19.9 Å². The number of carboxylic acids is 1. The first-order chi connectivity index (χ1) is 8.99. The minimum Gasteiger partial charge on any atom is -0.477 e. The summed E-state index contributed by atoms with van der Waals surface area (Å²) in [4.78, 5) is 29.4. The lowest BCUT2D eigenvalue weighted by molar-refractivity contribution is -0.119. The van der Waals surface area contributed by atoms with E-state index in [-0.39, 0.29) is 17.3 Å². The highest BCUT2D eigenvalue weighted by Gasteiger charge is 2.20. The maximum Gasteiger partial charge on any atom is 0.354 e. The van der Waals surface area contributed by atoms with E-state index in [1.54, 1.807) is 19.9 Å². The van der Waals surface area contributed by atoms with Crippen molar-refractivity contribution in [1.29, 1.82) is 0 Å². The molecular formula is C11H13N5O3. The summed E-state index contributed by atoms with van der Waals surface area (Å²) < 4.78 is 1.38. The number of amides is 1. The molecule has 2 aromatic rings. The number of hydrogen-bond donors (Lipinski definition) is 3. The van der Waals surface area contributed by atoms with Crippen LogP contribution >= 0.6 is 0 Å². The van der Waals surface area contributed by atoms with E-state index in [2.05, 4.69) is 20.4 Å². The van der Waals surface area contributed by atoms with Crippen LogP contribution in [0.15, 0.2) is 18.7 Å². The van der Waals surface area contributed by atoms with Crippen LogP contribution < -0.4 is 5.32 Å². The summed E-state index contributed by atoms with van der Waals surface area (Å²) in [5, 5.41) is 15.4. The maximum absolute atomic E-state index is 12.0. The number of aromatic nitrogens is 4. The van der Waals surface area contributed by atoms with E-state index in [1.807, 2.05) is 0 Å². The number of carboxylic acid groups (broad SMARTS) is 1. The van der Waals surface area contributed by atoms with Gasteiger partial charge in [0, 0.05) is 5.69 Å². The summed E-state index contributed by atoms with van der Waals surface area (Å²) in [7, 11) is 0. The van der Waals surface area contributed by atoms with E-state index in [1.165, 1.54) is 17.3 Å². The first-order valence-electron chi connectivity index (χ1n) is 5.57. The molecule has 8 nitrogen and oxygen atoms in total. The molecule has 0 aromatic carbocycles. The van der Waals surface area contributed by atoms with Crippen molar-refractivity contribution in [2.75, 3.05) is 5.32 Å². The molecule has 8 heteroatoms.